The van der Waals surface area contributed by atoms with E-state index in [1.54, 1.807) is 30.5 Å². The largest absolute Gasteiger partial charge is 0.346 e. The van der Waals surface area contributed by atoms with E-state index in [1.165, 1.54) is 0 Å². The van der Waals surface area contributed by atoms with Crippen molar-refractivity contribution in [2.24, 2.45) is 0 Å². The number of carbonyl (C=O) groups excluding carboxylic acids is 1. The van der Waals surface area contributed by atoms with Gasteiger partial charge in [-0.25, -0.2) is 4.98 Å². The molecule has 0 radical (unpaired) electrons. The molecule has 2 heterocycles. The molecule has 132 valence electrons. The molecule has 5 heteroatoms. The molecular weight excluding hydrogens is 358 g/mol. The molecule has 0 aliphatic rings. The summed E-state index contributed by atoms with van der Waals surface area (Å²) >= 11 is 5.92. The third kappa shape index (κ3) is 3.76. The van der Waals surface area contributed by atoms with E-state index in [-0.39, 0.29) is 5.91 Å². The number of benzene rings is 2. The number of nitrogens with zero attached hydrogens (tertiary/aromatic N) is 1. The van der Waals surface area contributed by atoms with Crippen LogP contribution in [-0.2, 0) is 4.79 Å². The van der Waals surface area contributed by atoms with Crippen molar-refractivity contribution in [1.29, 1.82) is 0 Å². The maximum Gasteiger partial charge on any atom is 0.256 e. The zero-order valence-electron chi connectivity index (χ0n) is 14.3. The Kier molecular flexibility index (Phi) is 4.73. The zero-order chi connectivity index (χ0) is 18.6. The van der Waals surface area contributed by atoms with E-state index in [1.807, 2.05) is 54.7 Å². The number of fused-ring (bicyclic) bond motifs is 1. The molecular formula is C22H16ClN3O. The number of nitrogens with one attached hydrogen (secondary N) is 2. The summed E-state index contributed by atoms with van der Waals surface area (Å²) in [6.07, 6.45) is 5.47. The molecule has 2 aromatic heterocycles. The summed E-state index contributed by atoms with van der Waals surface area (Å²) in [6, 6.07) is 20.5. The number of hydrogen-bond donors (Lipinski definition) is 2. The number of amides is 1. The molecule has 27 heavy (non-hydrogen) atoms. The van der Waals surface area contributed by atoms with E-state index in [4.69, 9.17) is 11.6 Å². The van der Waals surface area contributed by atoms with Crippen LogP contribution in [-0.4, -0.2) is 15.9 Å². The Hall–Kier alpha value is -3.37. The van der Waals surface area contributed by atoms with Crippen molar-refractivity contribution in [2.75, 3.05) is 5.32 Å². The summed E-state index contributed by atoms with van der Waals surface area (Å²) in [5, 5.41) is 4.52. The Labute approximate surface area is 161 Å². The van der Waals surface area contributed by atoms with Gasteiger partial charge in [-0.2, -0.15) is 0 Å². The highest BCUT2D eigenvalue weighted by Crippen LogP contribution is 2.25. The van der Waals surface area contributed by atoms with Crippen molar-refractivity contribution < 1.29 is 4.79 Å². The van der Waals surface area contributed by atoms with Crippen LogP contribution < -0.4 is 5.32 Å². The van der Waals surface area contributed by atoms with Crippen molar-refractivity contribution >= 4 is 45.9 Å². The van der Waals surface area contributed by atoms with Crippen molar-refractivity contribution in [3.05, 3.63) is 95.3 Å². The highest BCUT2D eigenvalue weighted by Gasteiger charge is 2.14. The second kappa shape index (κ2) is 7.48. The molecule has 2 aromatic carbocycles. The Morgan fingerprint density at radius 2 is 1.78 bits per heavy atom. The molecule has 0 saturated carbocycles. The topological polar surface area (TPSA) is 57.8 Å². The third-order valence-corrected chi connectivity index (χ3v) is 4.47. The van der Waals surface area contributed by atoms with Crippen molar-refractivity contribution in [1.82, 2.24) is 9.97 Å². The Morgan fingerprint density at radius 3 is 2.56 bits per heavy atom. The van der Waals surface area contributed by atoms with Crippen LogP contribution in [0.25, 0.3) is 22.7 Å². The Bertz CT molecular complexity index is 1120. The predicted octanol–water partition coefficient (Wildman–Crippen LogP) is 5.40. The zero-order valence-corrected chi connectivity index (χ0v) is 15.1. The molecule has 0 aliphatic heterocycles. The van der Waals surface area contributed by atoms with E-state index < -0.39 is 0 Å². The normalized spacial score (nSPS) is 11.5. The minimum atomic E-state index is -0.193. The molecule has 4 nitrogen and oxygen atoms in total. The molecule has 0 atom stereocenters. The van der Waals surface area contributed by atoms with Crippen LogP contribution >= 0.6 is 11.6 Å². The average Bonchev–Trinajstić information content (AvgIpc) is 3.11. The quantitative estimate of drug-likeness (QED) is 0.471. The maximum absolute atomic E-state index is 13.0. The first-order valence-electron chi connectivity index (χ1n) is 8.47. The summed E-state index contributed by atoms with van der Waals surface area (Å²) in [4.78, 5) is 20.5. The lowest BCUT2D eigenvalue weighted by Crippen LogP contribution is -2.13. The molecule has 0 spiro atoms. The molecule has 0 bridgehead atoms. The average molecular weight is 374 g/mol. The molecule has 4 aromatic rings. The number of aromatic nitrogens is 2. The van der Waals surface area contributed by atoms with E-state index in [2.05, 4.69) is 15.3 Å². The first-order chi connectivity index (χ1) is 13.2. The Morgan fingerprint density at radius 1 is 1.00 bits per heavy atom. The van der Waals surface area contributed by atoms with E-state index >= 15 is 0 Å². The number of aromatic amines is 1. The minimum Gasteiger partial charge on any atom is -0.346 e. The Balaban J connectivity index is 1.75. The van der Waals surface area contributed by atoms with Gasteiger partial charge < -0.3 is 10.3 Å². The lowest BCUT2D eigenvalue weighted by Gasteiger charge is -2.10. The smallest absolute Gasteiger partial charge is 0.256 e. The van der Waals surface area contributed by atoms with Crippen LogP contribution in [0.4, 0.5) is 5.69 Å². The summed E-state index contributed by atoms with van der Waals surface area (Å²) < 4.78 is 0. The monoisotopic (exact) mass is 373 g/mol. The van der Waals surface area contributed by atoms with Gasteiger partial charge in [0.2, 0.25) is 0 Å². The fraction of sp³-hybridized carbons (Fsp3) is 0. The van der Waals surface area contributed by atoms with Crippen molar-refractivity contribution in [3.8, 4) is 0 Å². The molecule has 0 fully saturated rings. The number of halogens is 1. The van der Waals surface area contributed by atoms with Gasteiger partial charge in [0, 0.05) is 39.6 Å². The maximum atomic E-state index is 13.0. The number of anilines is 1. The van der Waals surface area contributed by atoms with Gasteiger partial charge in [-0.1, -0.05) is 41.9 Å². The fourth-order valence-corrected chi connectivity index (χ4v) is 3.01. The highest BCUT2D eigenvalue weighted by atomic mass is 35.5. The second-order valence-corrected chi connectivity index (χ2v) is 6.47. The SMILES string of the molecule is O=C(Nc1ccc(Cl)cc1)C(=Cc1c[nH]c2ncccc12)c1ccccc1. The minimum absolute atomic E-state index is 0.193. The second-order valence-electron chi connectivity index (χ2n) is 6.03. The summed E-state index contributed by atoms with van der Waals surface area (Å²) in [6.45, 7) is 0. The number of pyridine rings is 1. The van der Waals surface area contributed by atoms with Gasteiger partial charge >= 0.3 is 0 Å². The predicted molar refractivity (Wildman–Crippen MR) is 110 cm³/mol. The molecule has 0 aliphatic carbocycles. The van der Waals surface area contributed by atoms with Gasteiger partial charge in [0.05, 0.1) is 0 Å². The van der Waals surface area contributed by atoms with Crippen LogP contribution in [0.15, 0.2) is 79.1 Å². The van der Waals surface area contributed by atoms with Crippen LogP contribution in [0.1, 0.15) is 11.1 Å². The van der Waals surface area contributed by atoms with E-state index in [0.29, 0.717) is 16.3 Å². The summed E-state index contributed by atoms with van der Waals surface area (Å²) in [7, 11) is 0. The molecule has 1 amide bonds. The molecule has 2 N–H and O–H groups in total. The number of hydrogen-bond acceptors (Lipinski definition) is 2. The highest BCUT2D eigenvalue weighted by molar-refractivity contribution is 6.31. The van der Waals surface area contributed by atoms with Crippen molar-refractivity contribution in [2.45, 2.75) is 0 Å². The molecule has 0 unspecified atom stereocenters. The standard InChI is InChI=1S/C22H16ClN3O/c23-17-8-10-18(11-9-17)26-22(27)20(15-5-2-1-3-6-15)13-16-14-25-21-19(16)7-4-12-24-21/h1-14H,(H,24,25)(H,26,27). The van der Waals surface area contributed by atoms with E-state index in [9.17, 15) is 4.79 Å². The van der Waals surface area contributed by atoms with Gasteiger partial charge in [-0.15, -0.1) is 0 Å². The van der Waals surface area contributed by atoms with Crippen molar-refractivity contribution in [3.63, 3.8) is 0 Å². The molecule has 4 rings (SSSR count). The van der Waals surface area contributed by atoms with Crippen LogP contribution in [0.5, 0.6) is 0 Å². The van der Waals surface area contributed by atoms with Gasteiger partial charge in [0.15, 0.2) is 0 Å². The first-order valence-corrected chi connectivity index (χ1v) is 8.84. The number of rotatable bonds is 4. The first kappa shape index (κ1) is 17.1. The van der Waals surface area contributed by atoms with Crippen LogP contribution in [0.2, 0.25) is 5.02 Å². The number of H-pyrrole nitrogens is 1. The lowest BCUT2D eigenvalue weighted by molar-refractivity contribution is -0.111. The van der Waals surface area contributed by atoms with Crippen LogP contribution in [0.3, 0.4) is 0 Å². The van der Waals surface area contributed by atoms with Gasteiger partial charge in [0.25, 0.3) is 5.91 Å². The number of carbonyl (C=O) groups is 1. The van der Waals surface area contributed by atoms with Gasteiger partial charge in [0.1, 0.15) is 5.65 Å². The van der Waals surface area contributed by atoms with Gasteiger partial charge in [-0.05, 0) is 48.0 Å². The summed E-state index contributed by atoms with van der Waals surface area (Å²) in [5.74, 6) is -0.193. The van der Waals surface area contributed by atoms with E-state index in [0.717, 1.165) is 22.2 Å². The fourth-order valence-electron chi connectivity index (χ4n) is 2.88. The lowest BCUT2D eigenvalue weighted by atomic mass is 10.0. The summed E-state index contributed by atoms with van der Waals surface area (Å²) in [5.41, 5.74) is 3.78. The van der Waals surface area contributed by atoms with Crippen LogP contribution in [0, 0.1) is 0 Å². The molecule has 0 saturated heterocycles. The van der Waals surface area contributed by atoms with Gasteiger partial charge in [-0.3, -0.25) is 4.79 Å². The third-order valence-electron chi connectivity index (χ3n) is 4.21.